The second kappa shape index (κ2) is 5.02. The van der Waals surface area contributed by atoms with Crippen LogP contribution in [0.15, 0.2) is 24.4 Å². The fraction of sp³-hybridized carbons (Fsp3) is 0.467. The number of nitrogens with zero attached hydrogens (tertiary/aromatic N) is 1. The topological polar surface area (TPSA) is 39.3 Å². The fourth-order valence-corrected chi connectivity index (χ4v) is 2.83. The first kappa shape index (κ1) is 11.6. The van der Waals surface area contributed by atoms with Crippen molar-refractivity contribution in [2.24, 2.45) is 0 Å². The minimum atomic E-state index is 0.346. The van der Waals surface area contributed by atoms with Gasteiger partial charge in [0, 0.05) is 23.6 Å². The standard InChI is InChI=1S/C15H20N2O/c18-13-5-6-15-14(9-13)12(10-16-15)11-17-7-3-1-2-4-8-17/h5-6,9-10,16,18H,1-4,7-8,11H2. The van der Waals surface area contributed by atoms with Gasteiger partial charge in [-0.25, -0.2) is 0 Å². The summed E-state index contributed by atoms with van der Waals surface area (Å²) >= 11 is 0. The van der Waals surface area contributed by atoms with Crippen molar-refractivity contribution in [3.8, 4) is 5.75 Å². The van der Waals surface area contributed by atoms with E-state index in [1.165, 1.54) is 44.3 Å². The molecule has 96 valence electrons. The van der Waals surface area contributed by atoms with E-state index in [0.717, 1.165) is 17.4 Å². The number of aromatic hydroxyl groups is 1. The van der Waals surface area contributed by atoms with E-state index >= 15 is 0 Å². The van der Waals surface area contributed by atoms with E-state index in [4.69, 9.17) is 0 Å². The third-order valence-corrected chi connectivity index (χ3v) is 3.84. The van der Waals surface area contributed by atoms with Gasteiger partial charge in [-0.2, -0.15) is 0 Å². The number of likely N-dealkylation sites (tertiary alicyclic amines) is 1. The number of phenols is 1. The van der Waals surface area contributed by atoms with Crippen molar-refractivity contribution >= 4 is 10.9 Å². The van der Waals surface area contributed by atoms with Crippen LogP contribution in [-0.4, -0.2) is 28.1 Å². The Hall–Kier alpha value is -1.48. The number of hydrogen-bond donors (Lipinski definition) is 2. The maximum atomic E-state index is 9.60. The normalized spacial score (nSPS) is 18.0. The second-order valence-corrected chi connectivity index (χ2v) is 5.23. The number of aromatic nitrogens is 1. The zero-order valence-electron chi connectivity index (χ0n) is 10.7. The summed E-state index contributed by atoms with van der Waals surface area (Å²) in [7, 11) is 0. The van der Waals surface area contributed by atoms with Crippen LogP contribution in [0.3, 0.4) is 0 Å². The Morgan fingerprint density at radius 3 is 2.67 bits per heavy atom. The summed E-state index contributed by atoms with van der Waals surface area (Å²) in [5.74, 6) is 0.346. The van der Waals surface area contributed by atoms with Gasteiger partial charge in [0.05, 0.1) is 0 Å². The predicted octanol–water partition coefficient (Wildman–Crippen LogP) is 3.25. The molecule has 0 aliphatic carbocycles. The van der Waals surface area contributed by atoms with Gasteiger partial charge in [0.2, 0.25) is 0 Å². The molecule has 0 atom stereocenters. The van der Waals surface area contributed by atoms with E-state index in [9.17, 15) is 5.11 Å². The van der Waals surface area contributed by atoms with Crippen LogP contribution in [-0.2, 0) is 6.54 Å². The lowest BCUT2D eigenvalue weighted by molar-refractivity contribution is 0.278. The van der Waals surface area contributed by atoms with Crippen molar-refractivity contribution in [3.05, 3.63) is 30.0 Å². The van der Waals surface area contributed by atoms with E-state index in [2.05, 4.69) is 16.1 Å². The Bertz CT molecular complexity index is 524. The van der Waals surface area contributed by atoms with E-state index < -0.39 is 0 Å². The van der Waals surface area contributed by atoms with Crippen molar-refractivity contribution in [3.63, 3.8) is 0 Å². The average Bonchev–Trinajstić information content (AvgIpc) is 2.60. The fourth-order valence-electron chi connectivity index (χ4n) is 2.83. The zero-order chi connectivity index (χ0) is 12.4. The number of benzene rings is 1. The molecule has 3 rings (SSSR count). The lowest BCUT2D eigenvalue weighted by Gasteiger charge is -2.19. The van der Waals surface area contributed by atoms with E-state index in [1.807, 2.05) is 12.1 Å². The van der Waals surface area contributed by atoms with Crippen LogP contribution in [0.25, 0.3) is 10.9 Å². The van der Waals surface area contributed by atoms with Crippen LogP contribution in [0.4, 0.5) is 0 Å². The molecule has 0 unspecified atom stereocenters. The highest BCUT2D eigenvalue weighted by Gasteiger charge is 2.12. The molecule has 0 saturated carbocycles. The van der Waals surface area contributed by atoms with E-state index in [1.54, 1.807) is 6.07 Å². The molecular weight excluding hydrogens is 224 g/mol. The third kappa shape index (κ3) is 2.36. The van der Waals surface area contributed by atoms with E-state index in [-0.39, 0.29) is 0 Å². The molecule has 2 aromatic rings. The maximum Gasteiger partial charge on any atom is 0.116 e. The van der Waals surface area contributed by atoms with Gasteiger partial charge >= 0.3 is 0 Å². The number of phenolic OH excluding ortho intramolecular Hbond substituents is 1. The van der Waals surface area contributed by atoms with Crippen molar-refractivity contribution in [2.75, 3.05) is 13.1 Å². The molecule has 3 nitrogen and oxygen atoms in total. The highest BCUT2D eigenvalue weighted by Crippen LogP contribution is 2.24. The van der Waals surface area contributed by atoms with Gasteiger partial charge in [-0.3, -0.25) is 4.90 Å². The summed E-state index contributed by atoms with van der Waals surface area (Å²) in [4.78, 5) is 5.81. The lowest BCUT2D eigenvalue weighted by atomic mass is 10.1. The number of rotatable bonds is 2. The molecule has 1 aromatic heterocycles. The molecule has 1 saturated heterocycles. The van der Waals surface area contributed by atoms with Gasteiger partial charge < -0.3 is 10.1 Å². The van der Waals surface area contributed by atoms with Crippen LogP contribution >= 0.6 is 0 Å². The monoisotopic (exact) mass is 244 g/mol. The van der Waals surface area contributed by atoms with Crippen molar-refractivity contribution in [1.82, 2.24) is 9.88 Å². The molecule has 1 aliphatic rings. The van der Waals surface area contributed by atoms with Crippen LogP contribution in [0, 0.1) is 0 Å². The summed E-state index contributed by atoms with van der Waals surface area (Å²) in [5, 5.41) is 10.7. The number of fused-ring (bicyclic) bond motifs is 1. The molecule has 0 spiro atoms. The number of H-pyrrole nitrogens is 1. The van der Waals surface area contributed by atoms with Crippen LogP contribution in [0.5, 0.6) is 5.75 Å². The molecule has 1 aliphatic heterocycles. The Kier molecular flexibility index (Phi) is 3.24. The first-order valence-corrected chi connectivity index (χ1v) is 6.84. The molecular formula is C15H20N2O. The molecule has 0 bridgehead atoms. The van der Waals surface area contributed by atoms with Crippen LogP contribution < -0.4 is 0 Å². The maximum absolute atomic E-state index is 9.60. The molecule has 1 aromatic carbocycles. The number of aromatic amines is 1. The third-order valence-electron chi connectivity index (χ3n) is 3.84. The van der Waals surface area contributed by atoms with Crippen LogP contribution in [0.1, 0.15) is 31.2 Å². The van der Waals surface area contributed by atoms with Gasteiger partial charge in [-0.15, -0.1) is 0 Å². The first-order chi connectivity index (χ1) is 8.83. The Labute approximate surface area is 107 Å². The first-order valence-electron chi connectivity index (χ1n) is 6.84. The molecule has 2 heterocycles. The minimum Gasteiger partial charge on any atom is -0.508 e. The summed E-state index contributed by atoms with van der Waals surface area (Å²) < 4.78 is 0. The summed E-state index contributed by atoms with van der Waals surface area (Å²) in [5.41, 5.74) is 2.40. The van der Waals surface area contributed by atoms with Gasteiger partial charge in [0.25, 0.3) is 0 Å². The molecule has 0 radical (unpaired) electrons. The van der Waals surface area contributed by atoms with Crippen molar-refractivity contribution in [2.45, 2.75) is 32.2 Å². The SMILES string of the molecule is Oc1ccc2[nH]cc(CN3CCCCCC3)c2c1. The van der Waals surface area contributed by atoms with Gasteiger partial charge in [0.1, 0.15) is 5.75 Å². The smallest absolute Gasteiger partial charge is 0.116 e. The Morgan fingerprint density at radius 2 is 1.89 bits per heavy atom. The van der Waals surface area contributed by atoms with Crippen molar-refractivity contribution < 1.29 is 5.11 Å². The predicted molar refractivity (Wildman–Crippen MR) is 73.7 cm³/mol. The molecule has 18 heavy (non-hydrogen) atoms. The Balaban J connectivity index is 1.83. The van der Waals surface area contributed by atoms with E-state index in [0.29, 0.717) is 5.75 Å². The van der Waals surface area contributed by atoms with Gasteiger partial charge in [0.15, 0.2) is 0 Å². The average molecular weight is 244 g/mol. The summed E-state index contributed by atoms with van der Waals surface area (Å²) in [6.45, 7) is 3.39. The largest absolute Gasteiger partial charge is 0.508 e. The molecule has 0 amide bonds. The molecule has 1 fully saturated rings. The zero-order valence-corrected chi connectivity index (χ0v) is 10.7. The van der Waals surface area contributed by atoms with Crippen LogP contribution in [0.2, 0.25) is 0 Å². The Morgan fingerprint density at radius 1 is 1.11 bits per heavy atom. The number of hydrogen-bond acceptors (Lipinski definition) is 2. The van der Waals surface area contributed by atoms with Gasteiger partial charge in [-0.05, 0) is 49.7 Å². The molecule has 3 heteroatoms. The highest BCUT2D eigenvalue weighted by atomic mass is 16.3. The summed E-state index contributed by atoms with van der Waals surface area (Å²) in [6.07, 6.45) is 7.44. The minimum absolute atomic E-state index is 0.346. The quantitative estimate of drug-likeness (QED) is 0.851. The van der Waals surface area contributed by atoms with Gasteiger partial charge in [-0.1, -0.05) is 12.8 Å². The lowest BCUT2D eigenvalue weighted by Crippen LogP contribution is -2.23. The highest BCUT2D eigenvalue weighted by molar-refractivity contribution is 5.84. The number of nitrogens with one attached hydrogen (secondary N) is 1. The second-order valence-electron chi connectivity index (χ2n) is 5.23. The summed E-state index contributed by atoms with van der Waals surface area (Å²) in [6, 6.07) is 5.53. The molecule has 2 N–H and O–H groups in total. The van der Waals surface area contributed by atoms with Crippen molar-refractivity contribution in [1.29, 1.82) is 0 Å².